The third-order valence-electron chi connectivity index (χ3n) is 6.84. The molecule has 1 atom stereocenters. The molecule has 2 amide bonds. The van der Waals surface area contributed by atoms with E-state index in [0.717, 1.165) is 22.9 Å². The summed E-state index contributed by atoms with van der Waals surface area (Å²) in [6, 6.07) is 21.8. The van der Waals surface area contributed by atoms with E-state index in [2.05, 4.69) is 5.32 Å². The molecule has 3 rings (SSSR count). The summed E-state index contributed by atoms with van der Waals surface area (Å²) in [5.74, 6) is -0.446. The summed E-state index contributed by atoms with van der Waals surface area (Å²) in [6.45, 7) is 7.90. The topological polar surface area (TPSA) is 86.8 Å². The van der Waals surface area contributed by atoms with Crippen molar-refractivity contribution in [2.75, 3.05) is 17.1 Å². The van der Waals surface area contributed by atoms with Gasteiger partial charge in [0.25, 0.3) is 0 Å². The Balaban J connectivity index is 1.89. The molecule has 7 nitrogen and oxygen atoms in total. The maximum Gasteiger partial charge on any atom is 0.243 e. The van der Waals surface area contributed by atoms with Gasteiger partial charge in [0, 0.05) is 37.0 Å². The molecule has 0 aromatic heterocycles. The number of sulfonamides is 1. The maximum atomic E-state index is 13.9. The molecule has 0 spiro atoms. The Kier molecular flexibility index (Phi) is 11.4. The summed E-state index contributed by atoms with van der Waals surface area (Å²) < 4.78 is 26.7. The van der Waals surface area contributed by atoms with Crippen LogP contribution >= 0.6 is 11.6 Å². The van der Waals surface area contributed by atoms with E-state index in [1.54, 1.807) is 30.0 Å². The number of halogens is 1. The monoisotopic (exact) mass is 597 g/mol. The summed E-state index contributed by atoms with van der Waals surface area (Å²) >= 11 is 6.27. The van der Waals surface area contributed by atoms with Crippen LogP contribution in [0.5, 0.6) is 0 Å². The number of hydrogen-bond acceptors (Lipinski definition) is 4. The molecule has 3 aromatic carbocycles. The van der Waals surface area contributed by atoms with Crippen molar-refractivity contribution < 1.29 is 18.0 Å². The van der Waals surface area contributed by atoms with Crippen molar-refractivity contribution in [2.45, 2.75) is 65.6 Å². The molecule has 0 aliphatic carbocycles. The molecule has 0 radical (unpaired) electrons. The van der Waals surface area contributed by atoms with Crippen LogP contribution in [-0.4, -0.2) is 50.0 Å². The standard InChI is InChI=1S/C32H40ClN3O4S/c1-23(2)34-32(38)30(21-26-11-7-6-8-12-26)35(22-27-18-16-24(3)17-19-27)31(37)15-10-20-36(41(5,39)40)29-14-9-13-28(33)25(29)4/h6-9,11-14,16-19,23,30H,10,15,20-22H2,1-5H3,(H,34,38). The molecule has 0 saturated heterocycles. The Morgan fingerprint density at radius 3 is 2.17 bits per heavy atom. The van der Waals surface area contributed by atoms with Gasteiger partial charge in [-0.3, -0.25) is 13.9 Å². The minimum atomic E-state index is -3.63. The lowest BCUT2D eigenvalue weighted by Gasteiger charge is -2.32. The quantitative estimate of drug-likeness (QED) is 0.275. The van der Waals surface area contributed by atoms with Gasteiger partial charge < -0.3 is 10.2 Å². The number of anilines is 1. The van der Waals surface area contributed by atoms with Gasteiger partial charge in [0.05, 0.1) is 11.9 Å². The van der Waals surface area contributed by atoms with E-state index in [-0.39, 0.29) is 43.8 Å². The second-order valence-electron chi connectivity index (χ2n) is 10.7. The summed E-state index contributed by atoms with van der Waals surface area (Å²) in [7, 11) is -3.63. The Bertz CT molecular complexity index is 1430. The van der Waals surface area contributed by atoms with Gasteiger partial charge in [-0.05, 0) is 62.9 Å². The lowest BCUT2D eigenvalue weighted by atomic mass is 10.0. The second kappa shape index (κ2) is 14.5. The first-order valence-corrected chi connectivity index (χ1v) is 16.0. The summed E-state index contributed by atoms with van der Waals surface area (Å²) in [6.07, 6.45) is 1.84. The third kappa shape index (κ3) is 9.33. The van der Waals surface area contributed by atoms with Crippen molar-refractivity contribution >= 4 is 39.1 Å². The summed E-state index contributed by atoms with van der Waals surface area (Å²) in [5, 5.41) is 3.46. The number of benzene rings is 3. The van der Waals surface area contributed by atoms with E-state index in [0.29, 0.717) is 22.7 Å². The fourth-order valence-corrected chi connectivity index (χ4v) is 5.86. The number of rotatable bonds is 13. The number of hydrogen-bond donors (Lipinski definition) is 1. The molecule has 9 heteroatoms. The minimum Gasteiger partial charge on any atom is -0.352 e. The van der Waals surface area contributed by atoms with E-state index in [1.807, 2.05) is 75.4 Å². The molecule has 0 bridgehead atoms. The number of nitrogens with zero attached hydrogens (tertiary/aromatic N) is 2. The van der Waals surface area contributed by atoms with Crippen LogP contribution in [0.25, 0.3) is 0 Å². The maximum absolute atomic E-state index is 13.9. The predicted octanol–water partition coefficient (Wildman–Crippen LogP) is 5.67. The van der Waals surface area contributed by atoms with Crippen molar-refractivity contribution in [3.8, 4) is 0 Å². The average Bonchev–Trinajstić information content (AvgIpc) is 2.91. The number of amides is 2. The first-order valence-electron chi connectivity index (χ1n) is 13.8. The number of carbonyl (C=O) groups is 2. The van der Waals surface area contributed by atoms with E-state index < -0.39 is 16.1 Å². The fourth-order valence-electron chi connectivity index (χ4n) is 4.67. The van der Waals surface area contributed by atoms with Crippen molar-refractivity contribution in [2.24, 2.45) is 0 Å². The van der Waals surface area contributed by atoms with Crippen LogP contribution in [0.3, 0.4) is 0 Å². The van der Waals surface area contributed by atoms with Gasteiger partial charge in [0.15, 0.2) is 0 Å². The zero-order valence-corrected chi connectivity index (χ0v) is 26.0. The van der Waals surface area contributed by atoms with Crippen molar-refractivity contribution in [3.05, 3.63) is 100 Å². The van der Waals surface area contributed by atoms with Crippen LogP contribution in [0.15, 0.2) is 72.8 Å². The van der Waals surface area contributed by atoms with Crippen LogP contribution in [-0.2, 0) is 32.6 Å². The Labute approximate surface area is 249 Å². The van der Waals surface area contributed by atoms with Crippen LogP contribution in [0.1, 0.15) is 48.9 Å². The number of nitrogens with one attached hydrogen (secondary N) is 1. The van der Waals surface area contributed by atoms with E-state index in [4.69, 9.17) is 11.6 Å². The van der Waals surface area contributed by atoms with Crippen LogP contribution in [0, 0.1) is 13.8 Å². The highest BCUT2D eigenvalue weighted by atomic mass is 35.5. The molecular weight excluding hydrogens is 558 g/mol. The first-order chi connectivity index (χ1) is 19.4. The van der Waals surface area contributed by atoms with E-state index >= 15 is 0 Å². The molecule has 0 heterocycles. The zero-order valence-electron chi connectivity index (χ0n) is 24.4. The van der Waals surface area contributed by atoms with Gasteiger partial charge in [-0.15, -0.1) is 0 Å². The van der Waals surface area contributed by atoms with Crippen LogP contribution in [0.2, 0.25) is 5.02 Å². The molecule has 1 unspecified atom stereocenters. The third-order valence-corrected chi connectivity index (χ3v) is 8.42. The van der Waals surface area contributed by atoms with E-state index in [9.17, 15) is 18.0 Å². The van der Waals surface area contributed by atoms with Gasteiger partial charge in [-0.25, -0.2) is 8.42 Å². The van der Waals surface area contributed by atoms with Crippen LogP contribution in [0.4, 0.5) is 5.69 Å². The van der Waals surface area contributed by atoms with Gasteiger partial charge in [0.1, 0.15) is 6.04 Å². The molecule has 41 heavy (non-hydrogen) atoms. The van der Waals surface area contributed by atoms with Crippen molar-refractivity contribution in [3.63, 3.8) is 0 Å². The smallest absolute Gasteiger partial charge is 0.243 e. The van der Waals surface area contributed by atoms with Crippen molar-refractivity contribution in [1.29, 1.82) is 0 Å². The molecule has 0 saturated carbocycles. The zero-order chi connectivity index (χ0) is 30.2. The first kappa shape index (κ1) is 32.2. The molecule has 0 aliphatic rings. The highest BCUT2D eigenvalue weighted by Crippen LogP contribution is 2.28. The minimum absolute atomic E-state index is 0.0672. The molecule has 1 N–H and O–H groups in total. The fraction of sp³-hybridized carbons (Fsp3) is 0.375. The Morgan fingerprint density at radius 1 is 0.902 bits per heavy atom. The molecule has 3 aromatic rings. The molecule has 0 aliphatic heterocycles. The van der Waals surface area contributed by atoms with Gasteiger partial charge in [0.2, 0.25) is 21.8 Å². The molecule has 220 valence electrons. The van der Waals surface area contributed by atoms with Gasteiger partial charge in [-0.1, -0.05) is 77.8 Å². The van der Waals surface area contributed by atoms with Gasteiger partial charge in [-0.2, -0.15) is 0 Å². The summed E-state index contributed by atoms with van der Waals surface area (Å²) in [4.78, 5) is 29.0. The van der Waals surface area contributed by atoms with Gasteiger partial charge >= 0.3 is 0 Å². The van der Waals surface area contributed by atoms with Crippen LogP contribution < -0.4 is 9.62 Å². The average molecular weight is 598 g/mol. The SMILES string of the molecule is Cc1ccc(CN(C(=O)CCCN(c2cccc(Cl)c2C)S(C)(=O)=O)C(Cc2ccccc2)C(=O)NC(C)C)cc1. The summed E-state index contributed by atoms with van der Waals surface area (Å²) in [5.41, 5.74) is 4.09. The largest absolute Gasteiger partial charge is 0.352 e. The predicted molar refractivity (Wildman–Crippen MR) is 167 cm³/mol. The highest BCUT2D eigenvalue weighted by molar-refractivity contribution is 7.92. The second-order valence-corrected chi connectivity index (χ2v) is 13.0. The lowest BCUT2D eigenvalue weighted by molar-refractivity contribution is -0.141. The number of aryl methyl sites for hydroxylation is 1. The molecule has 0 fully saturated rings. The number of carbonyl (C=O) groups excluding carboxylic acids is 2. The molecular formula is C32H40ClN3O4S. The Hall–Kier alpha value is -3.36. The van der Waals surface area contributed by atoms with Crippen molar-refractivity contribution in [1.82, 2.24) is 10.2 Å². The van der Waals surface area contributed by atoms with E-state index in [1.165, 1.54) is 4.31 Å². The normalized spacial score (nSPS) is 12.2. The Morgan fingerprint density at radius 2 is 1.56 bits per heavy atom. The lowest BCUT2D eigenvalue weighted by Crippen LogP contribution is -2.51. The highest BCUT2D eigenvalue weighted by Gasteiger charge is 2.31.